The molecule has 1 aromatic carbocycles. The van der Waals surface area contributed by atoms with E-state index >= 15 is 0 Å². The van der Waals surface area contributed by atoms with Crippen LogP contribution in [0.25, 0.3) is 11.0 Å². The standard InChI is InChI=1S/C23H32INO5/c1-4-25(5-2)18-10-11-19-20(15-22(26)30-21(19)14-18)28-12-8-6-7-9-13-29-23(27)17(3)16-24/h10-11,14-15,17H,4-9,12-13,16H2,1-3H3. The number of esters is 1. The van der Waals surface area contributed by atoms with E-state index in [4.69, 9.17) is 13.9 Å². The van der Waals surface area contributed by atoms with E-state index in [0.29, 0.717) is 24.5 Å². The SMILES string of the molecule is CCN(CC)c1ccc2c(OCCCCCCOC(=O)C(C)CI)cc(=O)oc2c1. The van der Waals surface area contributed by atoms with Crippen molar-refractivity contribution in [3.63, 3.8) is 0 Å². The molecular weight excluding hydrogens is 497 g/mol. The molecule has 0 bridgehead atoms. The molecule has 2 rings (SSSR count). The van der Waals surface area contributed by atoms with E-state index in [1.54, 1.807) is 0 Å². The Morgan fingerprint density at radius 3 is 2.47 bits per heavy atom. The van der Waals surface area contributed by atoms with Crippen LogP contribution in [0.4, 0.5) is 5.69 Å². The van der Waals surface area contributed by atoms with Gasteiger partial charge >= 0.3 is 11.6 Å². The van der Waals surface area contributed by atoms with E-state index in [9.17, 15) is 9.59 Å². The monoisotopic (exact) mass is 529 g/mol. The van der Waals surface area contributed by atoms with Crippen LogP contribution in [-0.2, 0) is 9.53 Å². The van der Waals surface area contributed by atoms with Crippen LogP contribution in [0, 0.1) is 5.92 Å². The number of rotatable bonds is 13. The number of carbonyl (C=O) groups excluding carboxylic acids is 1. The van der Waals surface area contributed by atoms with Gasteiger partial charge in [-0.25, -0.2) is 4.79 Å². The van der Waals surface area contributed by atoms with E-state index in [2.05, 4.69) is 41.3 Å². The lowest BCUT2D eigenvalue weighted by atomic mass is 10.2. The van der Waals surface area contributed by atoms with Crippen LogP contribution >= 0.6 is 22.6 Å². The predicted octanol–water partition coefficient (Wildman–Crippen LogP) is 5.19. The third-order valence-electron chi connectivity index (χ3n) is 4.99. The molecule has 0 aliphatic rings. The third kappa shape index (κ3) is 7.18. The fourth-order valence-corrected chi connectivity index (χ4v) is 3.50. The lowest BCUT2D eigenvalue weighted by molar-refractivity contribution is -0.147. The smallest absolute Gasteiger partial charge is 0.339 e. The summed E-state index contributed by atoms with van der Waals surface area (Å²) >= 11 is 2.19. The minimum atomic E-state index is -0.406. The zero-order valence-electron chi connectivity index (χ0n) is 18.1. The van der Waals surface area contributed by atoms with Crippen LogP contribution in [0.3, 0.4) is 0 Å². The van der Waals surface area contributed by atoms with Crippen LogP contribution in [-0.4, -0.2) is 36.7 Å². The summed E-state index contributed by atoms with van der Waals surface area (Å²) in [7, 11) is 0. The Bertz CT molecular complexity index is 862. The van der Waals surface area contributed by atoms with Gasteiger partial charge < -0.3 is 18.8 Å². The molecule has 0 saturated carbocycles. The Morgan fingerprint density at radius 2 is 1.80 bits per heavy atom. The van der Waals surface area contributed by atoms with E-state index in [1.807, 2.05) is 25.1 Å². The molecule has 7 heteroatoms. The predicted molar refractivity (Wildman–Crippen MR) is 129 cm³/mol. The molecule has 0 aliphatic heterocycles. The van der Waals surface area contributed by atoms with E-state index in [1.165, 1.54) is 6.07 Å². The van der Waals surface area contributed by atoms with Crippen LogP contribution in [0.15, 0.2) is 33.5 Å². The molecule has 30 heavy (non-hydrogen) atoms. The van der Waals surface area contributed by atoms with Gasteiger partial charge in [-0.05, 0) is 51.7 Å². The summed E-state index contributed by atoms with van der Waals surface area (Å²) < 4.78 is 17.3. The molecule has 0 spiro atoms. The Morgan fingerprint density at radius 1 is 1.10 bits per heavy atom. The molecule has 0 amide bonds. The Labute approximate surface area is 192 Å². The maximum Gasteiger partial charge on any atom is 0.339 e. The van der Waals surface area contributed by atoms with Gasteiger partial charge in [0.2, 0.25) is 0 Å². The van der Waals surface area contributed by atoms with Gasteiger partial charge in [-0.1, -0.05) is 29.5 Å². The number of anilines is 1. The second-order valence-corrected chi connectivity index (χ2v) is 8.15. The molecule has 1 unspecified atom stereocenters. The number of hydrogen-bond acceptors (Lipinski definition) is 6. The Kier molecular flexibility index (Phi) is 10.5. The third-order valence-corrected chi connectivity index (χ3v) is 6.31. The molecule has 0 N–H and O–H groups in total. The number of hydrogen-bond donors (Lipinski definition) is 0. The summed E-state index contributed by atoms with van der Waals surface area (Å²) in [5.41, 5.74) is 1.17. The molecule has 1 atom stereocenters. The summed E-state index contributed by atoms with van der Waals surface area (Å²) in [6, 6.07) is 7.29. The first kappa shape index (κ1) is 24.5. The number of fused-ring (bicyclic) bond motifs is 1. The quantitative estimate of drug-likeness (QED) is 0.117. The highest BCUT2D eigenvalue weighted by atomic mass is 127. The van der Waals surface area contributed by atoms with Gasteiger partial charge in [0.05, 0.1) is 30.6 Å². The fourth-order valence-electron chi connectivity index (χ4n) is 3.14. The van der Waals surface area contributed by atoms with Gasteiger partial charge in [0, 0.05) is 29.3 Å². The van der Waals surface area contributed by atoms with Crippen molar-refractivity contribution in [1.29, 1.82) is 0 Å². The van der Waals surface area contributed by atoms with E-state index in [0.717, 1.165) is 54.3 Å². The molecule has 0 radical (unpaired) electrons. The van der Waals surface area contributed by atoms with Crippen molar-refractivity contribution in [1.82, 2.24) is 0 Å². The Hall–Kier alpha value is -1.77. The highest BCUT2D eigenvalue weighted by Crippen LogP contribution is 2.28. The highest BCUT2D eigenvalue weighted by Gasteiger charge is 2.12. The fraction of sp³-hybridized carbons (Fsp3) is 0.565. The van der Waals surface area contributed by atoms with Crippen molar-refractivity contribution >= 4 is 45.2 Å². The molecular formula is C23H32INO5. The van der Waals surface area contributed by atoms with Crippen molar-refractivity contribution < 1.29 is 18.7 Å². The second-order valence-electron chi connectivity index (χ2n) is 7.27. The van der Waals surface area contributed by atoms with Gasteiger partial charge in [-0.2, -0.15) is 0 Å². The van der Waals surface area contributed by atoms with Crippen molar-refractivity contribution in [3.8, 4) is 5.75 Å². The summed E-state index contributed by atoms with van der Waals surface area (Å²) in [6.07, 6.45) is 3.67. The second kappa shape index (κ2) is 12.8. The van der Waals surface area contributed by atoms with Gasteiger partial charge in [0.1, 0.15) is 11.3 Å². The van der Waals surface area contributed by atoms with Crippen LogP contribution in [0.2, 0.25) is 0 Å². The summed E-state index contributed by atoms with van der Waals surface area (Å²) in [4.78, 5) is 25.8. The van der Waals surface area contributed by atoms with E-state index < -0.39 is 5.63 Å². The summed E-state index contributed by atoms with van der Waals surface area (Å²) in [5, 5.41) is 0.807. The molecule has 2 aromatic rings. The van der Waals surface area contributed by atoms with Crippen molar-refractivity contribution in [3.05, 3.63) is 34.7 Å². The maximum absolute atomic E-state index is 12.0. The molecule has 166 valence electrons. The number of carbonyl (C=O) groups is 1. The first-order valence-corrected chi connectivity index (χ1v) is 12.2. The zero-order valence-corrected chi connectivity index (χ0v) is 20.3. The molecule has 1 aromatic heterocycles. The van der Waals surface area contributed by atoms with Crippen LogP contribution < -0.4 is 15.3 Å². The lowest BCUT2D eigenvalue weighted by Crippen LogP contribution is -2.21. The lowest BCUT2D eigenvalue weighted by Gasteiger charge is -2.21. The minimum Gasteiger partial charge on any atom is -0.493 e. The maximum atomic E-state index is 12.0. The van der Waals surface area contributed by atoms with Gasteiger partial charge in [0.15, 0.2) is 0 Å². The number of halogens is 1. The summed E-state index contributed by atoms with van der Waals surface area (Å²) in [6.45, 7) is 8.85. The Balaban J connectivity index is 1.82. The molecule has 1 heterocycles. The van der Waals surface area contributed by atoms with Crippen LogP contribution in [0.1, 0.15) is 46.5 Å². The van der Waals surface area contributed by atoms with E-state index in [-0.39, 0.29) is 11.9 Å². The zero-order chi connectivity index (χ0) is 21.9. The van der Waals surface area contributed by atoms with Crippen LogP contribution in [0.5, 0.6) is 5.75 Å². The number of ether oxygens (including phenoxy) is 2. The van der Waals surface area contributed by atoms with Crippen molar-refractivity contribution in [2.75, 3.05) is 35.6 Å². The average molecular weight is 529 g/mol. The number of alkyl halides is 1. The number of unbranched alkanes of at least 4 members (excludes halogenated alkanes) is 3. The number of nitrogens with zero attached hydrogens (tertiary/aromatic N) is 1. The average Bonchev–Trinajstić information content (AvgIpc) is 2.75. The molecule has 0 fully saturated rings. The summed E-state index contributed by atoms with van der Waals surface area (Å²) in [5.74, 6) is 0.404. The van der Waals surface area contributed by atoms with Gasteiger partial charge in [0.25, 0.3) is 0 Å². The van der Waals surface area contributed by atoms with Crippen molar-refractivity contribution in [2.24, 2.45) is 5.92 Å². The minimum absolute atomic E-state index is 0.0413. The largest absolute Gasteiger partial charge is 0.493 e. The first-order chi connectivity index (χ1) is 14.5. The first-order valence-electron chi connectivity index (χ1n) is 10.7. The van der Waals surface area contributed by atoms with Gasteiger partial charge in [-0.3, -0.25) is 4.79 Å². The number of benzene rings is 1. The highest BCUT2D eigenvalue weighted by molar-refractivity contribution is 14.1. The normalized spacial score (nSPS) is 12.0. The molecule has 0 saturated heterocycles. The van der Waals surface area contributed by atoms with Crippen molar-refractivity contribution in [2.45, 2.75) is 46.5 Å². The topological polar surface area (TPSA) is 69.0 Å². The molecule has 6 nitrogen and oxygen atoms in total. The van der Waals surface area contributed by atoms with Gasteiger partial charge in [-0.15, -0.1) is 0 Å². The molecule has 0 aliphatic carbocycles.